The molecule has 0 aliphatic carbocycles. The van der Waals surface area contributed by atoms with E-state index in [1.165, 1.54) is 6.07 Å². The molecule has 0 spiro atoms. The van der Waals surface area contributed by atoms with Crippen LogP contribution in [0.1, 0.15) is 24.0 Å². The molecule has 3 heteroatoms. The predicted octanol–water partition coefficient (Wildman–Crippen LogP) is 3.02. The van der Waals surface area contributed by atoms with Crippen molar-refractivity contribution in [1.29, 1.82) is 0 Å². The van der Waals surface area contributed by atoms with Crippen LogP contribution in [0.15, 0.2) is 18.2 Å². The summed E-state index contributed by atoms with van der Waals surface area (Å²) in [6.07, 6.45) is 0.852. The van der Waals surface area contributed by atoms with Gasteiger partial charge < -0.3 is 4.79 Å². The maximum atomic E-state index is 13.0. The lowest BCUT2D eigenvalue weighted by Gasteiger charge is -2.06. The van der Waals surface area contributed by atoms with E-state index in [2.05, 4.69) is 15.9 Å². The van der Waals surface area contributed by atoms with Crippen LogP contribution < -0.4 is 0 Å². The first-order chi connectivity index (χ1) is 6.19. The van der Waals surface area contributed by atoms with Crippen molar-refractivity contribution in [1.82, 2.24) is 0 Å². The molecule has 1 aromatic carbocycles. The van der Waals surface area contributed by atoms with Crippen LogP contribution in [0.2, 0.25) is 0 Å². The van der Waals surface area contributed by atoms with E-state index in [4.69, 9.17) is 0 Å². The molecule has 1 unspecified atom stereocenters. The second-order valence-electron chi connectivity index (χ2n) is 2.91. The molecule has 70 valence electrons. The molecule has 0 N–H and O–H groups in total. The van der Waals surface area contributed by atoms with E-state index in [-0.39, 0.29) is 11.7 Å². The zero-order chi connectivity index (χ0) is 9.84. The Bertz CT molecular complexity index is 312. The SMILES string of the molecule is CC(C=O)c1ccc(F)c(CBr)c1. The minimum Gasteiger partial charge on any atom is -0.303 e. The summed E-state index contributed by atoms with van der Waals surface area (Å²) in [7, 11) is 0. The molecular weight excluding hydrogens is 235 g/mol. The van der Waals surface area contributed by atoms with Crippen LogP contribution in [0, 0.1) is 5.82 Å². The van der Waals surface area contributed by atoms with Gasteiger partial charge in [0.1, 0.15) is 12.1 Å². The largest absolute Gasteiger partial charge is 0.303 e. The topological polar surface area (TPSA) is 17.1 Å². The predicted molar refractivity (Wildman–Crippen MR) is 53.5 cm³/mol. The van der Waals surface area contributed by atoms with Gasteiger partial charge in [0, 0.05) is 11.2 Å². The fourth-order valence-electron chi connectivity index (χ4n) is 1.06. The Hall–Kier alpha value is -0.700. The summed E-state index contributed by atoms with van der Waals surface area (Å²) < 4.78 is 13.0. The quantitative estimate of drug-likeness (QED) is 0.590. The Morgan fingerprint density at radius 2 is 2.31 bits per heavy atom. The molecule has 0 amide bonds. The standard InChI is InChI=1S/C10H10BrFO/c1-7(6-13)8-2-3-10(12)9(4-8)5-11/h2-4,6-7H,5H2,1H3. The van der Waals surface area contributed by atoms with Crippen LogP contribution in [0.5, 0.6) is 0 Å². The van der Waals surface area contributed by atoms with Crippen molar-refractivity contribution in [3.63, 3.8) is 0 Å². The highest BCUT2D eigenvalue weighted by Gasteiger charge is 2.07. The highest BCUT2D eigenvalue weighted by atomic mass is 79.9. The van der Waals surface area contributed by atoms with Crippen LogP contribution in [0.3, 0.4) is 0 Å². The average Bonchev–Trinajstić information content (AvgIpc) is 2.17. The first kappa shape index (κ1) is 10.4. The molecule has 0 fully saturated rings. The Labute approximate surface area is 85.1 Å². The van der Waals surface area contributed by atoms with Crippen molar-refractivity contribution in [3.05, 3.63) is 35.1 Å². The van der Waals surface area contributed by atoms with Gasteiger partial charge in [-0.15, -0.1) is 0 Å². The summed E-state index contributed by atoms with van der Waals surface area (Å²) in [5.41, 5.74) is 1.44. The molecule has 0 bridgehead atoms. The summed E-state index contributed by atoms with van der Waals surface area (Å²) in [4.78, 5) is 10.5. The monoisotopic (exact) mass is 244 g/mol. The number of hydrogen-bond donors (Lipinski definition) is 0. The molecule has 1 atom stereocenters. The maximum absolute atomic E-state index is 13.0. The first-order valence-electron chi connectivity index (χ1n) is 3.98. The number of benzene rings is 1. The number of alkyl halides is 1. The Balaban J connectivity index is 3.05. The van der Waals surface area contributed by atoms with Crippen molar-refractivity contribution in [2.75, 3.05) is 0 Å². The van der Waals surface area contributed by atoms with Gasteiger partial charge in [-0.3, -0.25) is 0 Å². The number of hydrogen-bond acceptors (Lipinski definition) is 1. The molecule has 0 aliphatic rings. The van der Waals surface area contributed by atoms with Crippen molar-refractivity contribution >= 4 is 22.2 Å². The Morgan fingerprint density at radius 1 is 1.62 bits per heavy atom. The van der Waals surface area contributed by atoms with E-state index in [0.717, 1.165) is 11.8 Å². The summed E-state index contributed by atoms with van der Waals surface area (Å²) in [6.45, 7) is 1.79. The lowest BCUT2D eigenvalue weighted by Crippen LogP contribution is -1.96. The average molecular weight is 245 g/mol. The van der Waals surface area contributed by atoms with Gasteiger partial charge in [-0.2, -0.15) is 0 Å². The van der Waals surface area contributed by atoms with Gasteiger partial charge >= 0.3 is 0 Å². The van der Waals surface area contributed by atoms with Gasteiger partial charge in [-0.1, -0.05) is 35.0 Å². The molecule has 0 heterocycles. The number of carbonyl (C=O) groups is 1. The highest BCUT2D eigenvalue weighted by molar-refractivity contribution is 9.08. The zero-order valence-corrected chi connectivity index (χ0v) is 8.84. The summed E-state index contributed by atoms with van der Waals surface area (Å²) >= 11 is 3.19. The summed E-state index contributed by atoms with van der Waals surface area (Å²) in [5.74, 6) is -0.405. The van der Waals surface area contributed by atoms with Crippen LogP contribution in [0.25, 0.3) is 0 Å². The number of rotatable bonds is 3. The Kier molecular flexibility index (Phi) is 3.60. The maximum Gasteiger partial charge on any atom is 0.127 e. The van der Waals surface area contributed by atoms with E-state index >= 15 is 0 Å². The smallest absolute Gasteiger partial charge is 0.127 e. The van der Waals surface area contributed by atoms with Crippen molar-refractivity contribution in [2.45, 2.75) is 18.2 Å². The van der Waals surface area contributed by atoms with Gasteiger partial charge in [0.15, 0.2) is 0 Å². The molecule has 0 saturated heterocycles. The van der Waals surface area contributed by atoms with Gasteiger partial charge in [-0.05, 0) is 17.2 Å². The minimum atomic E-state index is -0.237. The molecule has 1 rings (SSSR count). The number of aldehydes is 1. The van der Waals surface area contributed by atoms with Crippen LogP contribution in [-0.2, 0) is 10.1 Å². The van der Waals surface area contributed by atoms with E-state index in [1.807, 2.05) is 0 Å². The number of halogens is 2. The molecule has 0 aromatic heterocycles. The molecule has 0 saturated carbocycles. The van der Waals surface area contributed by atoms with Crippen LogP contribution in [-0.4, -0.2) is 6.29 Å². The summed E-state index contributed by atoms with van der Waals surface area (Å²) in [6, 6.07) is 4.75. The lowest BCUT2D eigenvalue weighted by molar-refractivity contribution is -0.108. The second kappa shape index (κ2) is 4.51. The lowest BCUT2D eigenvalue weighted by atomic mass is 10.0. The third-order valence-electron chi connectivity index (χ3n) is 1.94. The fourth-order valence-corrected chi connectivity index (χ4v) is 1.49. The molecule has 1 nitrogen and oxygen atoms in total. The fraction of sp³-hybridized carbons (Fsp3) is 0.300. The molecule has 1 aromatic rings. The number of carbonyl (C=O) groups excluding carboxylic acids is 1. The molecular formula is C10H10BrFO. The van der Waals surface area contributed by atoms with E-state index in [9.17, 15) is 9.18 Å². The third-order valence-corrected chi connectivity index (χ3v) is 2.55. The molecule has 0 aliphatic heterocycles. The second-order valence-corrected chi connectivity index (χ2v) is 3.47. The zero-order valence-electron chi connectivity index (χ0n) is 7.26. The van der Waals surface area contributed by atoms with E-state index < -0.39 is 0 Å². The van der Waals surface area contributed by atoms with Gasteiger partial charge in [0.05, 0.1) is 0 Å². The van der Waals surface area contributed by atoms with Gasteiger partial charge in [0.25, 0.3) is 0 Å². The molecule has 0 radical (unpaired) electrons. The van der Waals surface area contributed by atoms with Crippen molar-refractivity contribution in [2.24, 2.45) is 0 Å². The normalized spacial score (nSPS) is 12.5. The Morgan fingerprint density at radius 3 is 2.85 bits per heavy atom. The van der Waals surface area contributed by atoms with Crippen LogP contribution in [0.4, 0.5) is 4.39 Å². The highest BCUT2D eigenvalue weighted by Crippen LogP contribution is 2.18. The van der Waals surface area contributed by atoms with Gasteiger partial charge in [-0.25, -0.2) is 4.39 Å². The van der Waals surface area contributed by atoms with E-state index in [0.29, 0.717) is 10.9 Å². The van der Waals surface area contributed by atoms with Crippen molar-refractivity contribution < 1.29 is 9.18 Å². The minimum absolute atomic E-state index is 0.168. The van der Waals surface area contributed by atoms with Crippen LogP contribution >= 0.6 is 15.9 Å². The third kappa shape index (κ3) is 2.37. The molecule has 13 heavy (non-hydrogen) atoms. The van der Waals surface area contributed by atoms with Crippen molar-refractivity contribution in [3.8, 4) is 0 Å². The summed E-state index contributed by atoms with van der Waals surface area (Å²) in [5, 5.41) is 0.470. The van der Waals surface area contributed by atoms with Gasteiger partial charge in [0.2, 0.25) is 0 Å². The van der Waals surface area contributed by atoms with E-state index in [1.54, 1.807) is 19.1 Å². The first-order valence-corrected chi connectivity index (χ1v) is 5.10.